The lowest BCUT2D eigenvalue weighted by molar-refractivity contribution is 0.0692. The minimum atomic E-state index is -0.171. The van der Waals surface area contributed by atoms with Gasteiger partial charge in [0.05, 0.1) is 11.8 Å². The summed E-state index contributed by atoms with van der Waals surface area (Å²) in [5.74, 6) is 0.467. The first-order valence-corrected chi connectivity index (χ1v) is 7.47. The summed E-state index contributed by atoms with van der Waals surface area (Å²) in [5.41, 5.74) is 3.38. The number of aliphatic hydroxyl groups is 1. The molecule has 0 bridgehead atoms. The Morgan fingerprint density at radius 2 is 2.10 bits per heavy atom. The number of likely N-dealkylation sites (tertiary alicyclic amines) is 1. The van der Waals surface area contributed by atoms with Gasteiger partial charge in [0, 0.05) is 18.4 Å². The van der Waals surface area contributed by atoms with E-state index < -0.39 is 0 Å². The van der Waals surface area contributed by atoms with E-state index in [-0.39, 0.29) is 6.10 Å². The lowest BCUT2D eigenvalue weighted by Crippen LogP contribution is -2.36. The summed E-state index contributed by atoms with van der Waals surface area (Å²) < 4.78 is 2.15. The first kappa shape index (κ1) is 13.6. The van der Waals surface area contributed by atoms with Gasteiger partial charge in [-0.15, -0.1) is 0 Å². The Bertz CT molecular complexity index is 582. The minimum Gasteiger partial charge on any atom is -0.393 e. The quantitative estimate of drug-likeness (QED) is 0.932. The molecule has 1 saturated heterocycles. The number of aliphatic hydroxyl groups excluding tert-OH is 1. The maximum absolute atomic E-state index is 9.64. The predicted molar refractivity (Wildman–Crippen MR) is 79.6 cm³/mol. The second-order valence-corrected chi connectivity index (χ2v) is 5.98. The molecule has 1 atom stereocenters. The monoisotopic (exact) mass is 273 g/mol. The second-order valence-electron chi connectivity index (χ2n) is 5.98. The lowest BCUT2D eigenvalue weighted by Gasteiger charge is -2.32. The van der Waals surface area contributed by atoms with Crippen molar-refractivity contribution in [2.24, 2.45) is 5.92 Å². The van der Waals surface area contributed by atoms with Gasteiger partial charge >= 0.3 is 0 Å². The summed E-state index contributed by atoms with van der Waals surface area (Å²) in [7, 11) is 0. The van der Waals surface area contributed by atoms with Gasteiger partial charge in [0.1, 0.15) is 5.65 Å². The molecule has 2 aromatic heterocycles. The number of hydrogen-bond donors (Lipinski definition) is 1. The topological polar surface area (TPSA) is 40.8 Å². The summed E-state index contributed by atoms with van der Waals surface area (Å²) in [6, 6.07) is 6.21. The molecule has 2 aromatic rings. The first-order valence-electron chi connectivity index (χ1n) is 7.47. The molecule has 3 heterocycles. The van der Waals surface area contributed by atoms with E-state index >= 15 is 0 Å². The van der Waals surface area contributed by atoms with Crippen LogP contribution in [0, 0.1) is 12.8 Å². The van der Waals surface area contributed by atoms with Crippen LogP contribution < -0.4 is 0 Å². The second kappa shape index (κ2) is 5.54. The number of aromatic nitrogens is 2. The van der Waals surface area contributed by atoms with Crippen LogP contribution in [0.1, 0.15) is 31.2 Å². The van der Waals surface area contributed by atoms with Gasteiger partial charge in [-0.25, -0.2) is 4.98 Å². The van der Waals surface area contributed by atoms with Gasteiger partial charge in [-0.1, -0.05) is 6.07 Å². The maximum atomic E-state index is 9.64. The predicted octanol–water partition coefficient (Wildman–Crippen LogP) is 2.24. The Labute approximate surface area is 120 Å². The van der Waals surface area contributed by atoms with Crippen LogP contribution in [-0.2, 0) is 6.54 Å². The standard InChI is InChI=1S/C16H23N3O/c1-12-4-3-5-16-17-15(11-19(12)16)10-18-8-6-14(7-9-18)13(2)20/h3-5,11,13-14,20H,6-10H2,1-2H3. The van der Waals surface area contributed by atoms with Gasteiger partial charge in [-0.2, -0.15) is 0 Å². The third-order valence-corrected chi connectivity index (χ3v) is 4.45. The van der Waals surface area contributed by atoms with Crippen LogP contribution in [0.15, 0.2) is 24.4 Å². The molecule has 3 rings (SSSR count). The summed E-state index contributed by atoms with van der Waals surface area (Å²) in [6.45, 7) is 7.04. The van der Waals surface area contributed by atoms with Crippen molar-refractivity contribution < 1.29 is 5.11 Å². The average Bonchev–Trinajstić information content (AvgIpc) is 2.83. The lowest BCUT2D eigenvalue weighted by atomic mass is 9.92. The number of piperidine rings is 1. The van der Waals surface area contributed by atoms with Gasteiger partial charge in [-0.05, 0) is 57.8 Å². The van der Waals surface area contributed by atoms with E-state index in [2.05, 4.69) is 40.6 Å². The molecule has 0 aromatic carbocycles. The molecule has 0 saturated carbocycles. The number of pyridine rings is 1. The van der Waals surface area contributed by atoms with Gasteiger partial charge in [0.2, 0.25) is 0 Å². The van der Waals surface area contributed by atoms with Crippen molar-refractivity contribution in [3.05, 3.63) is 35.8 Å². The molecule has 0 amide bonds. The van der Waals surface area contributed by atoms with E-state index in [9.17, 15) is 5.11 Å². The normalized spacial score (nSPS) is 19.6. The third-order valence-electron chi connectivity index (χ3n) is 4.45. The van der Waals surface area contributed by atoms with Gasteiger partial charge in [-0.3, -0.25) is 4.90 Å². The molecule has 1 aliphatic heterocycles. The third kappa shape index (κ3) is 2.72. The molecule has 4 heteroatoms. The van der Waals surface area contributed by atoms with Crippen LogP contribution in [0.4, 0.5) is 0 Å². The summed E-state index contributed by atoms with van der Waals surface area (Å²) >= 11 is 0. The molecule has 4 nitrogen and oxygen atoms in total. The summed E-state index contributed by atoms with van der Waals surface area (Å²) in [6.07, 6.45) is 4.15. The Hall–Kier alpha value is -1.39. The van der Waals surface area contributed by atoms with Gasteiger partial charge in [0.15, 0.2) is 0 Å². The molecular weight excluding hydrogens is 250 g/mol. The molecular formula is C16H23N3O. The van der Waals surface area contributed by atoms with Crippen LogP contribution in [0.2, 0.25) is 0 Å². The largest absolute Gasteiger partial charge is 0.393 e. The van der Waals surface area contributed by atoms with Crippen molar-refractivity contribution in [3.63, 3.8) is 0 Å². The fourth-order valence-electron chi connectivity index (χ4n) is 3.10. The number of hydrogen-bond acceptors (Lipinski definition) is 3. The highest BCUT2D eigenvalue weighted by Gasteiger charge is 2.23. The van der Waals surface area contributed by atoms with Crippen molar-refractivity contribution in [1.82, 2.24) is 14.3 Å². The molecule has 1 unspecified atom stereocenters. The summed E-state index contributed by atoms with van der Waals surface area (Å²) in [4.78, 5) is 7.13. The number of rotatable bonds is 3. The van der Waals surface area contributed by atoms with E-state index in [0.717, 1.165) is 43.8 Å². The highest BCUT2D eigenvalue weighted by Crippen LogP contribution is 2.22. The Morgan fingerprint density at radius 1 is 1.35 bits per heavy atom. The Balaban J connectivity index is 1.67. The molecule has 1 fully saturated rings. The smallest absolute Gasteiger partial charge is 0.137 e. The van der Waals surface area contributed by atoms with Gasteiger partial charge < -0.3 is 9.51 Å². The van der Waals surface area contributed by atoms with Crippen LogP contribution in [0.25, 0.3) is 5.65 Å². The van der Waals surface area contributed by atoms with Crippen LogP contribution in [0.3, 0.4) is 0 Å². The van der Waals surface area contributed by atoms with Crippen LogP contribution in [-0.4, -0.2) is 38.6 Å². The van der Waals surface area contributed by atoms with E-state index in [0.29, 0.717) is 5.92 Å². The zero-order valence-electron chi connectivity index (χ0n) is 12.3. The van der Waals surface area contributed by atoms with Crippen molar-refractivity contribution >= 4 is 5.65 Å². The number of imidazole rings is 1. The molecule has 20 heavy (non-hydrogen) atoms. The van der Waals surface area contributed by atoms with Crippen molar-refractivity contribution in [2.75, 3.05) is 13.1 Å². The molecule has 1 aliphatic rings. The number of aryl methyl sites for hydroxylation is 1. The van der Waals surface area contributed by atoms with E-state index in [1.807, 2.05) is 6.92 Å². The average molecular weight is 273 g/mol. The fraction of sp³-hybridized carbons (Fsp3) is 0.562. The SMILES string of the molecule is Cc1cccc2nc(CN3CCC(C(C)O)CC3)cn12. The van der Waals surface area contributed by atoms with Crippen molar-refractivity contribution in [1.29, 1.82) is 0 Å². The zero-order valence-corrected chi connectivity index (χ0v) is 12.3. The molecule has 0 spiro atoms. The number of fused-ring (bicyclic) bond motifs is 1. The number of nitrogens with zero attached hydrogens (tertiary/aromatic N) is 3. The van der Waals surface area contributed by atoms with E-state index in [1.165, 1.54) is 5.69 Å². The summed E-state index contributed by atoms with van der Waals surface area (Å²) in [5, 5.41) is 9.64. The van der Waals surface area contributed by atoms with Gasteiger partial charge in [0.25, 0.3) is 0 Å². The van der Waals surface area contributed by atoms with Crippen molar-refractivity contribution in [3.8, 4) is 0 Å². The Morgan fingerprint density at radius 3 is 2.75 bits per heavy atom. The van der Waals surface area contributed by atoms with E-state index in [4.69, 9.17) is 4.98 Å². The van der Waals surface area contributed by atoms with Crippen molar-refractivity contribution in [2.45, 2.75) is 39.3 Å². The van der Waals surface area contributed by atoms with E-state index in [1.54, 1.807) is 0 Å². The first-order chi connectivity index (χ1) is 9.63. The maximum Gasteiger partial charge on any atom is 0.137 e. The Kier molecular flexibility index (Phi) is 3.76. The van der Waals surface area contributed by atoms with Crippen LogP contribution in [0.5, 0.6) is 0 Å². The minimum absolute atomic E-state index is 0.171. The highest BCUT2D eigenvalue weighted by atomic mass is 16.3. The zero-order chi connectivity index (χ0) is 14.1. The molecule has 0 radical (unpaired) electrons. The fourth-order valence-corrected chi connectivity index (χ4v) is 3.10. The molecule has 0 aliphatic carbocycles. The molecule has 1 N–H and O–H groups in total. The molecule has 108 valence electrons. The van der Waals surface area contributed by atoms with Crippen LogP contribution >= 0.6 is 0 Å². The highest BCUT2D eigenvalue weighted by molar-refractivity contribution is 5.41.